The zero-order valence-electron chi connectivity index (χ0n) is 14.0. The minimum Gasteiger partial charge on any atom is -0.325 e. The summed E-state index contributed by atoms with van der Waals surface area (Å²) in [5, 5.41) is 18.6. The summed E-state index contributed by atoms with van der Waals surface area (Å²) >= 11 is 0. The minimum absolute atomic E-state index is 0.480. The van der Waals surface area contributed by atoms with Gasteiger partial charge in [0, 0.05) is 18.5 Å². The molecule has 6 heteroatoms. The number of aryl methyl sites for hydroxylation is 1. The second-order valence-electron chi connectivity index (χ2n) is 5.69. The van der Waals surface area contributed by atoms with Gasteiger partial charge in [0.2, 0.25) is 0 Å². The van der Waals surface area contributed by atoms with E-state index in [4.69, 9.17) is 10.5 Å². The molecule has 2 aromatic heterocycles. The van der Waals surface area contributed by atoms with Gasteiger partial charge in [-0.15, -0.1) is 0 Å². The maximum absolute atomic E-state index is 8.88. The molecule has 0 bridgehead atoms. The molecule has 0 aliphatic heterocycles. The van der Waals surface area contributed by atoms with Crippen molar-refractivity contribution >= 4 is 23.1 Å². The Morgan fingerprint density at radius 2 is 1.88 bits per heavy atom. The second-order valence-corrected chi connectivity index (χ2v) is 5.69. The van der Waals surface area contributed by atoms with Crippen molar-refractivity contribution in [2.45, 2.75) is 20.4 Å². The van der Waals surface area contributed by atoms with Crippen molar-refractivity contribution in [3.8, 4) is 12.1 Å². The summed E-state index contributed by atoms with van der Waals surface area (Å²) < 4.78 is 2.13. The Balaban J connectivity index is 2.10. The molecule has 122 valence electrons. The molecule has 0 aliphatic carbocycles. The Morgan fingerprint density at radius 1 is 1.16 bits per heavy atom. The van der Waals surface area contributed by atoms with Crippen LogP contribution in [0, 0.1) is 42.4 Å². The summed E-state index contributed by atoms with van der Waals surface area (Å²) in [6.07, 6.45) is 2.79. The maximum Gasteiger partial charge on any atom is 0.168 e. The molecule has 0 saturated carbocycles. The highest BCUT2D eigenvalue weighted by molar-refractivity contribution is 5.92. The van der Waals surface area contributed by atoms with Gasteiger partial charge in [-0.3, -0.25) is 0 Å². The molecule has 2 heterocycles. The Bertz CT molecular complexity index is 1000. The number of aliphatic imine (C=N–C) groups is 1. The van der Waals surface area contributed by atoms with Crippen LogP contribution >= 0.6 is 0 Å². The average Bonchev–Trinajstić information content (AvgIpc) is 2.89. The molecule has 0 saturated heterocycles. The van der Waals surface area contributed by atoms with Crippen molar-refractivity contribution in [2.75, 3.05) is 0 Å². The quantitative estimate of drug-likeness (QED) is 0.686. The fourth-order valence-corrected chi connectivity index (χ4v) is 2.75. The van der Waals surface area contributed by atoms with Crippen LogP contribution in [-0.2, 0) is 6.54 Å². The van der Waals surface area contributed by atoms with Gasteiger partial charge in [0.05, 0.1) is 17.5 Å². The van der Waals surface area contributed by atoms with E-state index < -0.39 is 5.92 Å². The lowest BCUT2D eigenvalue weighted by atomic mass is 10.2. The molecule has 0 amide bonds. The highest BCUT2D eigenvalue weighted by Gasteiger charge is 2.16. The van der Waals surface area contributed by atoms with E-state index in [1.165, 1.54) is 18.1 Å². The lowest BCUT2D eigenvalue weighted by Gasteiger charge is -2.07. The van der Waals surface area contributed by atoms with Crippen LogP contribution in [0.5, 0.6) is 0 Å². The fraction of sp³-hybridized carbons (Fsp3) is 0.211. The molecule has 0 spiro atoms. The van der Waals surface area contributed by atoms with Gasteiger partial charge in [-0.05, 0) is 25.0 Å². The molecule has 0 N–H and O–H groups in total. The number of nitriles is 2. The molecule has 25 heavy (non-hydrogen) atoms. The molecular weight excluding hydrogens is 312 g/mol. The molecule has 1 aromatic carbocycles. The molecule has 0 aliphatic rings. The Hall–Kier alpha value is -3.51. The first-order valence-electron chi connectivity index (χ1n) is 7.83. The number of benzene rings is 1. The van der Waals surface area contributed by atoms with Crippen LogP contribution in [0.3, 0.4) is 0 Å². The third-order valence-electron chi connectivity index (χ3n) is 4.19. The zero-order chi connectivity index (χ0) is 17.8. The lowest BCUT2D eigenvalue weighted by Crippen LogP contribution is -2.02. The second kappa shape index (κ2) is 6.94. The van der Waals surface area contributed by atoms with Crippen LogP contribution in [0.4, 0.5) is 5.82 Å². The topological polar surface area (TPSA) is 90.7 Å². The first-order chi connectivity index (χ1) is 12.2. The van der Waals surface area contributed by atoms with Gasteiger partial charge in [-0.2, -0.15) is 10.5 Å². The van der Waals surface area contributed by atoms with Crippen LogP contribution in [0.15, 0.2) is 41.7 Å². The van der Waals surface area contributed by atoms with Crippen molar-refractivity contribution < 1.29 is 0 Å². The van der Waals surface area contributed by atoms with E-state index >= 15 is 0 Å². The third-order valence-corrected chi connectivity index (χ3v) is 4.19. The number of hydrogen-bond acceptors (Lipinski definition) is 5. The normalized spacial score (nSPS) is 11.1. The van der Waals surface area contributed by atoms with Gasteiger partial charge in [-0.1, -0.05) is 30.3 Å². The monoisotopic (exact) mass is 328 g/mol. The van der Waals surface area contributed by atoms with Gasteiger partial charge in [0.25, 0.3) is 0 Å². The van der Waals surface area contributed by atoms with Crippen LogP contribution in [0.1, 0.15) is 16.8 Å². The van der Waals surface area contributed by atoms with Gasteiger partial charge in [0.1, 0.15) is 12.0 Å². The molecule has 0 unspecified atom stereocenters. The molecule has 3 rings (SSSR count). The SMILES string of the molecule is Cc1c(C)n(Cc2ccccc2)c2ncnc(N=CC(C#N)C#N)c12. The number of nitrogens with zero attached hydrogens (tertiary/aromatic N) is 6. The summed E-state index contributed by atoms with van der Waals surface area (Å²) in [5.74, 6) is -0.411. The number of aromatic nitrogens is 3. The number of fused-ring (bicyclic) bond motifs is 1. The van der Waals surface area contributed by atoms with Crippen molar-refractivity contribution in [1.82, 2.24) is 14.5 Å². The summed E-state index contributed by atoms with van der Waals surface area (Å²) in [5.41, 5.74) is 4.11. The average molecular weight is 328 g/mol. The molecule has 0 fully saturated rings. The first-order valence-corrected chi connectivity index (χ1v) is 7.83. The Kier molecular flexibility index (Phi) is 4.54. The smallest absolute Gasteiger partial charge is 0.168 e. The maximum atomic E-state index is 8.88. The summed E-state index contributed by atoms with van der Waals surface area (Å²) in [4.78, 5) is 12.9. The predicted molar refractivity (Wildman–Crippen MR) is 95.4 cm³/mol. The largest absolute Gasteiger partial charge is 0.325 e. The lowest BCUT2D eigenvalue weighted by molar-refractivity contribution is 0.790. The zero-order valence-corrected chi connectivity index (χ0v) is 14.0. The van der Waals surface area contributed by atoms with E-state index in [-0.39, 0.29) is 0 Å². The highest BCUT2D eigenvalue weighted by atomic mass is 15.1. The van der Waals surface area contributed by atoms with Gasteiger partial charge >= 0.3 is 0 Å². The number of hydrogen-bond donors (Lipinski definition) is 0. The fourth-order valence-electron chi connectivity index (χ4n) is 2.75. The number of rotatable bonds is 4. The van der Waals surface area contributed by atoms with Gasteiger partial charge in [-0.25, -0.2) is 15.0 Å². The molecule has 6 nitrogen and oxygen atoms in total. The molecule has 3 aromatic rings. The standard InChI is InChI=1S/C19H16N6/c1-13-14(2)25(11-15-6-4-3-5-7-15)19-17(13)18(23-12-24-19)22-10-16(8-20)9-21/h3-7,10,12,16H,11H2,1-2H3. The molecule has 0 atom stereocenters. The van der Waals surface area contributed by atoms with E-state index in [9.17, 15) is 0 Å². The van der Waals surface area contributed by atoms with Crippen LogP contribution in [0.25, 0.3) is 11.0 Å². The van der Waals surface area contributed by atoms with Crippen LogP contribution < -0.4 is 0 Å². The van der Waals surface area contributed by atoms with Crippen LogP contribution in [0.2, 0.25) is 0 Å². The van der Waals surface area contributed by atoms with Crippen molar-refractivity contribution in [3.63, 3.8) is 0 Å². The first kappa shape index (κ1) is 16.4. The van der Waals surface area contributed by atoms with Crippen molar-refractivity contribution in [1.29, 1.82) is 10.5 Å². The van der Waals surface area contributed by atoms with E-state index in [0.29, 0.717) is 12.4 Å². The summed E-state index contributed by atoms with van der Waals surface area (Å²) in [6, 6.07) is 13.9. The van der Waals surface area contributed by atoms with Crippen molar-refractivity contribution in [2.24, 2.45) is 10.9 Å². The predicted octanol–water partition coefficient (Wildman–Crippen LogP) is 3.46. The van der Waals surface area contributed by atoms with E-state index in [1.807, 2.05) is 44.2 Å². The van der Waals surface area contributed by atoms with Crippen LogP contribution in [-0.4, -0.2) is 20.7 Å². The Morgan fingerprint density at radius 3 is 2.56 bits per heavy atom. The van der Waals surface area contributed by atoms with E-state index in [1.54, 1.807) is 0 Å². The third kappa shape index (κ3) is 3.11. The van der Waals surface area contributed by atoms with E-state index in [2.05, 4.69) is 31.7 Å². The molecule has 0 radical (unpaired) electrons. The highest BCUT2D eigenvalue weighted by Crippen LogP contribution is 2.30. The minimum atomic E-state index is -0.891. The molecular formula is C19H16N6. The van der Waals surface area contributed by atoms with Gasteiger partial charge < -0.3 is 4.57 Å². The summed E-state index contributed by atoms with van der Waals surface area (Å²) in [6.45, 7) is 4.75. The summed E-state index contributed by atoms with van der Waals surface area (Å²) in [7, 11) is 0. The Labute approximate surface area is 145 Å². The van der Waals surface area contributed by atoms with Gasteiger partial charge in [0.15, 0.2) is 11.7 Å². The van der Waals surface area contributed by atoms with E-state index in [0.717, 1.165) is 22.3 Å². The van der Waals surface area contributed by atoms with Crippen molar-refractivity contribution in [3.05, 3.63) is 53.5 Å².